The van der Waals surface area contributed by atoms with Crippen LogP contribution in [0.1, 0.15) is 28.4 Å². The zero-order valence-corrected chi connectivity index (χ0v) is 25.7. The van der Waals surface area contributed by atoms with E-state index in [4.69, 9.17) is 18.9 Å². The van der Waals surface area contributed by atoms with Crippen LogP contribution in [0.15, 0.2) is 126 Å². The van der Waals surface area contributed by atoms with Gasteiger partial charge in [0.1, 0.15) is 12.8 Å². The van der Waals surface area contributed by atoms with Crippen molar-refractivity contribution in [1.82, 2.24) is 4.57 Å². The molecule has 0 bridgehead atoms. The first-order valence-corrected chi connectivity index (χ1v) is 15.1. The van der Waals surface area contributed by atoms with Crippen LogP contribution in [0.25, 0.3) is 33.0 Å². The Bertz CT molecular complexity index is 1680. The molecule has 4 aromatic carbocycles. The summed E-state index contributed by atoms with van der Waals surface area (Å²) in [6, 6.07) is 38.8. The molecule has 46 heavy (non-hydrogen) atoms. The van der Waals surface area contributed by atoms with Crippen molar-refractivity contribution in [2.24, 2.45) is 5.11 Å². The van der Waals surface area contributed by atoms with Gasteiger partial charge in [0.15, 0.2) is 0 Å². The Morgan fingerprint density at radius 1 is 0.739 bits per heavy atom. The van der Waals surface area contributed by atoms with E-state index in [9.17, 15) is 10.3 Å². The second kappa shape index (κ2) is 16.8. The molecule has 0 atom stereocenters. The average molecular weight is 617 g/mol. The zero-order chi connectivity index (χ0) is 32.0. The van der Waals surface area contributed by atoms with Gasteiger partial charge in [0, 0.05) is 4.91 Å². The number of carbonyl (C=O) groups is 1. The third-order valence-corrected chi connectivity index (χ3v) is 7.23. The van der Waals surface area contributed by atoms with E-state index in [1.165, 1.54) is 0 Å². The minimum absolute atomic E-state index is 0.00979. The van der Waals surface area contributed by atoms with Crippen molar-refractivity contribution < 1.29 is 23.7 Å². The van der Waals surface area contributed by atoms with Crippen LogP contribution < -0.4 is 0 Å². The van der Waals surface area contributed by atoms with Crippen molar-refractivity contribution in [1.29, 1.82) is 0 Å². The van der Waals surface area contributed by atoms with Gasteiger partial charge < -0.3 is 23.5 Å². The summed E-state index contributed by atoms with van der Waals surface area (Å²) in [5.41, 5.74) is 14.6. The summed E-state index contributed by atoms with van der Waals surface area (Å²) >= 11 is 0. The monoisotopic (exact) mass is 616 g/mol. The Morgan fingerprint density at radius 2 is 1.22 bits per heavy atom. The minimum Gasteiger partial charge on any atom is -0.462 e. The van der Waals surface area contributed by atoms with Crippen LogP contribution in [0, 0.1) is 0 Å². The molecule has 1 heterocycles. The Morgan fingerprint density at radius 3 is 1.70 bits per heavy atom. The summed E-state index contributed by atoms with van der Waals surface area (Å²) in [6.45, 7) is 3.27. The molecule has 0 radical (unpaired) electrons. The van der Waals surface area contributed by atoms with Gasteiger partial charge in [-0.25, -0.2) is 4.79 Å². The largest absolute Gasteiger partial charge is 0.462 e. The molecule has 9 nitrogen and oxygen atoms in total. The second-order valence-corrected chi connectivity index (χ2v) is 10.4. The summed E-state index contributed by atoms with van der Waals surface area (Å²) in [5, 5.41) is 4.04. The predicted octanol–water partition coefficient (Wildman–Crippen LogP) is 8.72. The van der Waals surface area contributed by atoms with Gasteiger partial charge in [-0.05, 0) is 34.7 Å². The van der Waals surface area contributed by atoms with Crippen LogP contribution in [-0.2, 0) is 38.9 Å². The molecule has 234 valence electrons. The summed E-state index contributed by atoms with van der Waals surface area (Å²) in [5.74, 6) is -0.589. The number of carbonyl (C=O) groups excluding carboxylic acids is 1. The van der Waals surface area contributed by atoms with Gasteiger partial charge in [0.2, 0.25) is 0 Å². The van der Waals surface area contributed by atoms with Crippen LogP contribution in [-0.4, -0.2) is 36.5 Å². The van der Waals surface area contributed by atoms with E-state index >= 15 is 0 Å². The van der Waals surface area contributed by atoms with Crippen LogP contribution >= 0.6 is 0 Å². The van der Waals surface area contributed by atoms with Crippen LogP contribution in [0.5, 0.6) is 0 Å². The fraction of sp³-hybridized carbons (Fsp3) is 0.216. The highest BCUT2D eigenvalue weighted by atomic mass is 16.6. The van der Waals surface area contributed by atoms with Gasteiger partial charge in [-0.2, -0.15) is 0 Å². The van der Waals surface area contributed by atoms with E-state index in [2.05, 4.69) is 10.0 Å². The molecule has 0 amide bonds. The van der Waals surface area contributed by atoms with Gasteiger partial charge in [0.25, 0.3) is 0 Å². The van der Waals surface area contributed by atoms with E-state index < -0.39 is 12.1 Å². The molecule has 9 heteroatoms. The van der Waals surface area contributed by atoms with Gasteiger partial charge in [-0.15, -0.1) is 0 Å². The minimum atomic E-state index is -0.589. The lowest BCUT2D eigenvalue weighted by Gasteiger charge is -2.21. The van der Waals surface area contributed by atoms with Crippen molar-refractivity contribution in [2.75, 3.05) is 19.8 Å². The molecule has 0 unspecified atom stereocenters. The van der Waals surface area contributed by atoms with Gasteiger partial charge in [-0.3, -0.25) is 0 Å². The standard InChI is InChI=1S/C37H36N4O5/c1-2-45-37(42)33-34(39-40-38)36(31-21-13-6-14-22-31)41(35(33)30-19-11-5-12-20-30)27-46-32(25-43-23-28-15-7-3-8-16-28)26-44-24-29-17-9-4-10-18-29/h3-22,32H,2,23-27H2,1H3. The average Bonchev–Trinajstić information content (AvgIpc) is 3.42. The lowest BCUT2D eigenvalue weighted by atomic mass is 10.1. The first-order valence-electron chi connectivity index (χ1n) is 15.1. The van der Waals surface area contributed by atoms with Crippen LogP contribution in [0.3, 0.4) is 0 Å². The number of rotatable bonds is 16. The number of azide groups is 1. The molecule has 0 N–H and O–H groups in total. The number of hydrogen-bond acceptors (Lipinski definition) is 6. The Balaban J connectivity index is 1.52. The smallest absolute Gasteiger partial charge is 0.340 e. The first-order chi connectivity index (χ1) is 22.7. The van der Waals surface area contributed by atoms with Crippen molar-refractivity contribution in [2.45, 2.75) is 33.0 Å². The van der Waals surface area contributed by atoms with E-state index in [0.717, 1.165) is 22.3 Å². The van der Waals surface area contributed by atoms with E-state index in [0.29, 0.717) is 24.6 Å². The molecule has 5 aromatic rings. The maximum Gasteiger partial charge on any atom is 0.340 e. The number of aromatic nitrogens is 1. The number of nitrogens with zero attached hydrogens (tertiary/aromatic N) is 4. The zero-order valence-electron chi connectivity index (χ0n) is 25.7. The van der Waals surface area contributed by atoms with Gasteiger partial charge >= 0.3 is 5.97 Å². The quantitative estimate of drug-likeness (QED) is 0.0477. The topological polar surface area (TPSA) is 108 Å². The van der Waals surface area contributed by atoms with Crippen molar-refractivity contribution in [3.8, 4) is 22.5 Å². The lowest BCUT2D eigenvalue weighted by molar-refractivity contribution is -0.0866. The van der Waals surface area contributed by atoms with Crippen molar-refractivity contribution in [3.05, 3.63) is 148 Å². The van der Waals surface area contributed by atoms with Crippen LogP contribution in [0.2, 0.25) is 0 Å². The maximum absolute atomic E-state index is 13.5. The number of benzene rings is 4. The Hall–Kier alpha value is -5.18. The Labute approximate surface area is 268 Å². The fourth-order valence-electron chi connectivity index (χ4n) is 5.15. The molecule has 0 saturated carbocycles. The van der Waals surface area contributed by atoms with Crippen molar-refractivity contribution in [3.63, 3.8) is 0 Å². The second-order valence-electron chi connectivity index (χ2n) is 10.4. The maximum atomic E-state index is 13.5. The molecule has 0 saturated heterocycles. The molecule has 0 aliphatic heterocycles. The Kier molecular flexibility index (Phi) is 11.7. The molecule has 0 aliphatic carbocycles. The van der Waals surface area contributed by atoms with E-state index in [-0.39, 0.29) is 37.8 Å². The number of esters is 1. The summed E-state index contributed by atoms with van der Waals surface area (Å²) in [4.78, 5) is 16.6. The van der Waals surface area contributed by atoms with E-state index in [1.54, 1.807) is 6.92 Å². The summed E-state index contributed by atoms with van der Waals surface area (Å²) < 4.78 is 26.1. The first kappa shape index (κ1) is 32.2. The third-order valence-electron chi connectivity index (χ3n) is 7.23. The highest BCUT2D eigenvalue weighted by Crippen LogP contribution is 2.43. The summed E-state index contributed by atoms with van der Waals surface area (Å²) in [6.07, 6.45) is -0.462. The molecule has 5 rings (SSSR count). The fourth-order valence-corrected chi connectivity index (χ4v) is 5.15. The van der Waals surface area contributed by atoms with E-state index in [1.807, 2.05) is 126 Å². The number of ether oxygens (including phenoxy) is 4. The van der Waals surface area contributed by atoms with Gasteiger partial charge in [-0.1, -0.05) is 126 Å². The summed E-state index contributed by atoms with van der Waals surface area (Å²) in [7, 11) is 0. The molecule has 1 aromatic heterocycles. The molecule has 0 aliphatic rings. The number of hydrogen-bond donors (Lipinski definition) is 0. The highest BCUT2D eigenvalue weighted by molar-refractivity contribution is 6.06. The SMILES string of the molecule is CCOC(=O)c1c(N=[N+]=[N-])c(-c2ccccc2)n(COC(COCc2ccccc2)COCc2ccccc2)c1-c1ccccc1. The molecule has 0 fully saturated rings. The normalized spacial score (nSPS) is 10.9. The molecular formula is C37H36N4O5. The third kappa shape index (κ3) is 8.29. The molecule has 0 spiro atoms. The van der Waals surface area contributed by atoms with Gasteiger partial charge in [0.05, 0.1) is 55.7 Å². The lowest BCUT2D eigenvalue weighted by Crippen LogP contribution is -2.27. The highest BCUT2D eigenvalue weighted by Gasteiger charge is 2.30. The predicted molar refractivity (Wildman–Crippen MR) is 177 cm³/mol. The molecular weight excluding hydrogens is 580 g/mol. The van der Waals surface area contributed by atoms with Crippen LogP contribution in [0.4, 0.5) is 5.69 Å². The van der Waals surface area contributed by atoms with Crippen molar-refractivity contribution >= 4 is 11.7 Å².